The second-order valence-corrected chi connectivity index (χ2v) is 4.27. The van der Waals surface area contributed by atoms with Gasteiger partial charge in [0.15, 0.2) is 0 Å². The Labute approximate surface area is 91.4 Å². The number of ketones is 1. The average molecular weight is 222 g/mol. The topological polar surface area (TPSA) is 43.4 Å². The number of hydrogen-bond acceptors (Lipinski definition) is 4. The van der Waals surface area contributed by atoms with E-state index in [1.165, 1.54) is 18.4 Å². The van der Waals surface area contributed by atoms with Crippen LogP contribution < -0.4 is 0 Å². The van der Waals surface area contributed by atoms with E-state index < -0.39 is 0 Å². The van der Waals surface area contributed by atoms with Gasteiger partial charge < -0.3 is 4.74 Å². The summed E-state index contributed by atoms with van der Waals surface area (Å²) in [7, 11) is 1.34. The summed E-state index contributed by atoms with van der Waals surface area (Å²) in [5.41, 5.74) is 1.35. The molecular weight excluding hydrogens is 212 g/mol. The number of ether oxygens (including phenoxy) is 1. The second kappa shape index (κ2) is 3.98. The van der Waals surface area contributed by atoms with E-state index in [0.717, 1.165) is 10.5 Å². The molecule has 1 aromatic rings. The van der Waals surface area contributed by atoms with Crippen molar-refractivity contribution in [2.24, 2.45) is 0 Å². The Bertz CT molecular complexity index is 429. The second-order valence-electron chi connectivity index (χ2n) is 3.32. The quantitative estimate of drug-likeness (QED) is 0.719. The molecule has 2 rings (SSSR count). The molecule has 1 heterocycles. The van der Waals surface area contributed by atoms with Crippen LogP contribution >= 0.6 is 11.3 Å². The fourth-order valence-electron chi connectivity index (χ4n) is 1.67. The summed E-state index contributed by atoms with van der Waals surface area (Å²) in [4.78, 5) is 23.8. The van der Waals surface area contributed by atoms with Gasteiger partial charge in [0.05, 0.1) is 7.11 Å². The standard InChI is InChI=1S/C11H10O3S/c1-14-11(13)9-6-7(12)5-8(9)10-3-2-4-15-10/h2-4H,5-6H2,1H3. The predicted molar refractivity (Wildman–Crippen MR) is 57.5 cm³/mol. The van der Waals surface area contributed by atoms with Crippen molar-refractivity contribution in [2.75, 3.05) is 7.11 Å². The first-order valence-electron chi connectivity index (χ1n) is 4.58. The largest absolute Gasteiger partial charge is 0.466 e. The SMILES string of the molecule is COC(=O)C1=C(c2cccs2)CC(=O)C1. The molecule has 15 heavy (non-hydrogen) atoms. The van der Waals surface area contributed by atoms with Gasteiger partial charge in [-0.3, -0.25) is 4.79 Å². The zero-order chi connectivity index (χ0) is 10.8. The highest BCUT2D eigenvalue weighted by molar-refractivity contribution is 7.11. The third-order valence-corrected chi connectivity index (χ3v) is 3.29. The fourth-order valence-corrected chi connectivity index (χ4v) is 2.47. The summed E-state index contributed by atoms with van der Waals surface area (Å²) in [6, 6.07) is 3.83. The number of allylic oxidation sites excluding steroid dienone is 1. The molecule has 1 aliphatic rings. The van der Waals surface area contributed by atoms with Crippen molar-refractivity contribution < 1.29 is 14.3 Å². The van der Waals surface area contributed by atoms with Gasteiger partial charge >= 0.3 is 5.97 Å². The summed E-state index contributed by atoms with van der Waals surface area (Å²) in [6.07, 6.45) is 0.560. The summed E-state index contributed by atoms with van der Waals surface area (Å²) in [5, 5.41) is 1.93. The zero-order valence-corrected chi connectivity index (χ0v) is 9.10. The lowest BCUT2D eigenvalue weighted by atomic mass is 10.1. The van der Waals surface area contributed by atoms with Gasteiger partial charge in [0.2, 0.25) is 0 Å². The van der Waals surface area contributed by atoms with E-state index in [1.807, 2.05) is 17.5 Å². The highest BCUT2D eigenvalue weighted by atomic mass is 32.1. The summed E-state index contributed by atoms with van der Waals surface area (Å²) < 4.78 is 4.67. The Kier molecular flexibility index (Phi) is 2.68. The molecule has 4 heteroatoms. The molecular formula is C11H10O3S. The van der Waals surface area contributed by atoms with E-state index in [4.69, 9.17) is 0 Å². The molecule has 0 saturated carbocycles. The molecule has 0 atom stereocenters. The van der Waals surface area contributed by atoms with Crippen LogP contribution in [0.15, 0.2) is 23.1 Å². The van der Waals surface area contributed by atoms with Crippen LogP contribution in [0, 0.1) is 0 Å². The van der Waals surface area contributed by atoms with Crippen LogP contribution in [0.5, 0.6) is 0 Å². The molecule has 0 unspecified atom stereocenters. The smallest absolute Gasteiger partial charge is 0.334 e. The Hall–Kier alpha value is -1.42. The average Bonchev–Trinajstić information content (AvgIpc) is 2.84. The van der Waals surface area contributed by atoms with Crippen molar-refractivity contribution in [1.82, 2.24) is 0 Å². The lowest BCUT2D eigenvalue weighted by Gasteiger charge is -2.01. The Morgan fingerprint density at radius 1 is 1.47 bits per heavy atom. The van der Waals surface area contributed by atoms with Crippen molar-refractivity contribution >= 4 is 28.7 Å². The van der Waals surface area contributed by atoms with Gasteiger partial charge in [0.25, 0.3) is 0 Å². The number of Topliss-reactive ketones (excluding diaryl/α,β-unsaturated/α-hetero) is 1. The molecule has 0 amide bonds. The van der Waals surface area contributed by atoms with E-state index in [1.54, 1.807) is 0 Å². The zero-order valence-electron chi connectivity index (χ0n) is 8.28. The highest BCUT2D eigenvalue weighted by Crippen LogP contribution is 2.34. The van der Waals surface area contributed by atoms with Crippen LogP contribution in [0.2, 0.25) is 0 Å². The Morgan fingerprint density at radius 3 is 2.87 bits per heavy atom. The summed E-state index contributed by atoms with van der Waals surface area (Å²) in [5.74, 6) is -0.303. The van der Waals surface area contributed by atoms with Crippen molar-refractivity contribution in [2.45, 2.75) is 12.8 Å². The van der Waals surface area contributed by atoms with E-state index in [2.05, 4.69) is 4.74 Å². The third kappa shape index (κ3) is 1.85. The minimum Gasteiger partial charge on any atom is -0.466 e. The van der Waals surface area contributed by atoms with E-state index in [9.17, 15) is 9.59 Å². The minimum absolute atomic E-state index is 0.0822. The maximum Gasteiger partial charge on any atom is 0.334 e. The lowest BCUT2D eigenvalue weighted by Crippen LogP contribution is -2.04. The summed E-state index contributed by atoms with van der Waals surface area (Å²) in [6.45, 7) is 0. The van der Waals surface area contributed by atoms with Gasteiger partial charge in [-0.05, 0) is 17.0 Å². The number of thiophene rings is 1. The number of carbonyl (C=O) groups excluding carboxylic acids is 2. The molecule has 0 saturated heterocycles. The van der Waals surface area contributed by atoms with Gasteiger partial charge in [0.1, 0.15) is 5.78 Å². The third-order valence-electron chi connectivity index (χ3n) is 2.36. The molecule has 1 aliphatic carbocycles. The Morgan fingerprint density at radius 2 is 2.27 bits per heavy atom. The lowest BCUT2D eigenvalue weighted by molar-refractivity contribution is -0.136. The van der Waals surface area contributed by atoms with Gasteiger partial charge in [-0.15, -0.1) is 11.3 Å². The van der Waals surface area contributed by atoms with Gasteiger partial charge in [-0.2, -0.15) is 0 Å². The van der Waals surface area contributed by atoms with Crippen LogP contribution in [-0.2, 0) is 14.3 Å². The van der Waals surface area contributed by atoms with Crippen LogP contribution in [0.1, 0.15) is 17.7 Å². The van der Waals surface area contributed by atoms with Gasteiger partial charge in [0, 0.05) is 23.3 Å². The molecule has 0 bridgehead atoms. The molecule has 0 aliphatic heterocycles. The molecule has 0 spiro atoms. The van der Waals surface area contributed by atoms with Crippen molar-refractivity contribution in [3.8, 4) is 0 Å². The first-order chi connectivity index (χ1) is 7.22. The molecule has 78 valence electrons. The molecule has 0 fully saturated rings. The number of hydrogen-bond donors (Lipinski definition) is 0. The maximum atomic E-state index is 11.4. The first-order valence-corrected chi connectivity index (χ1v) is 5.46. The molecule has 0 radical (unpaired) electrons. The van der Waals surface area contributed by atoms with Crippen molar-refractivity contribution in [1.29, 1.82) is 0 Å². The Balaban J connectivity index is 2.41. The molecule has 0 aromatic carbocycles. The minimum atomic E-state index is -0.385. The number of methoxy groups -OCH3 is 1. The number of esters is 1. The van der Waals surface area contributed by atoms with E-state index >= 15 is 0 Å². The highest BCUT2D eigenvalue weighted by Gasteiger charge is 2.28. The van der Waals surface area contributed by atoms with Gasteiger partial charge in [-0.1, -0.05) is 6.07 Å². The molecule has 1 aromatic heterocycles. The van der Waals surface area contributed by atoms with E-state index in [0.29, 0.717) is 12.0 Å². The monoisotopic (exact) mass is 222 g/mol. The molecule has 3 nitrogen and oxygen atoms in total. The van der Waals surface area contributed by atoms with Crippen molar-refractivity contribution in [3.05, 3.63) is 28.0 Å². The van der Waals surface area contributed by atoms with Crippen LogP contribution in [-0.4, -0.2) is 18.9 Å². The van der Waals surface area contributed by atoms with Crippen LogP contribution in [0.3, 0.4) is 0 Å². The normalized spacial score (nSPS) is 15.9. The van der Waals surface area contributed by atoms with Gasteiger partial charge in [-0.25, -0.2) is 4.79 Å². The van der Waals surface area contributed by atoms with Crippen LogP contribution in [0.25, 0.3) is 5.57 Å². The molecule has 0 N–H and O–H groups in total. The fraction of sp³-hybridized carbons (Fsp3) is 0.273. The summed E-state index contributed by atoms with van der Waals surface area (Å²) >= 11 is 1.54. The first kappa shape index (κ1) is 10.1. The maximum absolute atomic E-state index is 11.4. The van der Waals surface area contributed by atoms with Crippen LogP contribution in [0.4, 0.5) is 0 Å². The predicted octanol–water partition coefficient (Wildman–Crippen LogP) is 2.04. The van der Waals surface area contributed by atoms with Crippen molar-refractivity contribution in [3.63, 3.8) is 0 Å². The number of rotatable bonds is 2. The van der Waals surface area contributed by atoms with E-state index in [-0.39, 0.29) is 18.2 Å². The number of carbonyl (C=O) groups is 2.